The highest BCUT2D eigenvalue weighted by molar-refractivity contribution is 5.90. The molecule has 0 spiro atoms. The molecule has 7 nitrogen and oxygen atoms in total. The first-order valence-electron chi connectivity index (χ1n) is 7.75. The highest BCUT2D eigenvalue weighted by atomic mass is 16.6. The van der Waals surface area contributed by atoms with Gasteiger partial charge in [0, 0.05) is 11.8 Å². The molecule has 1 atom stereocenters. The average molecular weight is 338 g/mol. The summed E-state index contributed by atoms with van der Waals surface area (Å²) in [6.45, 7) is 3.54. The van der Waals surface area contributed by atoms with Gasteiger partial charge in [0.05, 0.1) is 0 Å². The maximum atomic E-state index is 12.2. The number of nitrogens with zero attached hydrogens (tertiary/aromatic N) is 2. The summed E-state index contributed by atoms with van der Waals surface area (Å²) in [5.74, 6) is 0.792. The summed E-state index contributed by atoms with van der Waals surface area (Å²) in [5.41, 5.74) is 8.13. The number of hydrogen-bond acceptors (Lipinski definition) is 6. The fourth-order valence-electron chi connectivity index (χ4n) is 2.34. The zero-order valence-electron chi connectivity index (χ0n) is 13.9. The number of anilines is 2. The van der Waals surface area contributed by atoms with E-state index in [1.165, 1.54) is 0 Å². The molecule has 1 unspecified atom stereocenters. The van der Waals surface area contributed by atoms with Gasteiger partial charge in [-0.25, -0.2) is 9.78 Å². The molecule has 7 heteroatoms. The Morgan fingerprint density at radius 1 is 1.24 bits per heavy atom. The standard InChI is InChI=1S/C18H18N4O3/c1-11-16(17(25-22-11)14-8-9-15(19)20-10-14)21-18(23)24-12(2)13-6-4-3-5-7-13/h3-10,12H,1-2H3,(H2,19,20)(H,21,23). The Morgan fingerprint density at radius 3 is 2.68 bits per heavy atom. The number of nitrogens with one attached hydrogen (secondary N) is 1. The summed E-state index contributed by atoms with van der Waals surface area (Å²) in [4.78, 5) is 16.3. The molecule has 2 heterocycles. The smallest absolute Gasteiger partial charge is 0.412 e. The molecule has 3 rings (SSSR count). The number of carbonyl (C=O) groups is 1. The van der Waals surface area contributed by atoms with Gasteiger partial charge in [0.1, 0.15) is 23.3 Å². The van der Waals surface area contributed by atoms with Gasteiger partial charge in [-0.05, 0) is 31.5 Å². The van der Waals surface area contributed by atoms with E-state index in [0.717, 1.165) is 5.56 Å². The number of nitrogen functional groups attached to an aromatic ring is 1. The van der Waals surface area contributed by atoms with Crippen LogP contribution in [-0.2, 0) is 4.74 Å². The van der Waals surface area contributed by atoms with Crippen molar-refractivity contribution in [1.82, 2.24) is 10.1 Å². The van der Waals surface area contributed by atoms with Crippen LogP contribution < -0.4 is 11.1 Å². The monoisotopic (exact) mass is 338 g/mol. The fourth-order valence-corrected chi connectivity index (χ4v) is 2.34. The lowest BCUT2D eigenvalue weighted by Crippen LogP contribution is -2.16. The number of nitrogens with two attached hydrogens (primary N) is 1. The van der Waals surface area contributed by atoms with Gasteiger partial charge in [0.15, 0.2) is 5.76 Å². The summed E-state index contributed by atoms with van der Waals surface area (Å²) in [7, 11) is 0. The summed E-state index contributed by atoms with van der Waals surface area (Å²) < 4.78 is 10.7. The number of benzene rings is 1. The second-order valence-corrected chi connectivity index (χ2v) is 5.53. The first kappa shape index (κ1) is 16.5. The molecule has 0 bridgehead atoms. The van der Waals surface area contributed by atoms with Gasteiger partial charge in [-0.2, -0.15) is 0 Å². The fraction of sp³-hybridized carbons (Fsp3) is 0.167. The van der Waals surface area contributed by atoms with E-state index in [2.05, 4.69) is 15.5 Å². The van der Waals surface area contributed by atoms with Gasteiger partial charge in [0.25, 0.3) is 0 Å². The predicted octanol–water partition coefficient (Wildman–Crippen LogP) is 3.94. The van der Waals surface area contributed by atoms with Crippen LogP contribution in [0.4, 0.5) is 16.3 Å². The van der Waals surface area contributed by atoms with Crippen LogP contribution in [0.5, 0.6) is 0 Å². The van der Waals surface area contributed by atoms with Crippen LogP contribution >= 0.6 is 0 Å². The molecule has 0 saturated carbocycles. The average Bonchev–Trinajstić information content (AvgIpc) is 2.97. The molecule has 1 aromatic carbocycles. The van der Waals surface area contributed by atoms with E-state index < -0.39 is 6.09 Å². The van der Waals surface area contributed by atoms with Crippen LogP contribution in [0.3, 0.4) is 0 Å². The molecule has 0 aliphatic heterocycles. The molecule has 0 saturated heterocycles. The maximum absolute atomic E-state index is 12.2. The number of amides is 1. The van der Waals surface area contributed by atoms with Crippen LogP contribution in [0, 0.1) is 6.92 Å². The minimum absolute atomic E-state index is 0.386. The molecular weight excluding hydrogens is 320 g/mol. The molecule has 0 radical (unpaired) electrons. The second kappa shape index (κ2) is 7.04. The van der Waals surface area contributed by atoms with Crippen molar-refractivity contribution in [2.45, 2.75) is 20.0 Å². The van der Waals surface area contributed by atoms with Gasteiger partial charge in [-0.15, -0.1) is 0 Å². The highest BCUT2D eigenvalue weighted by Crippen LogP contribution is 2.31. The number of aromatic nitrogens is 2. The maximum Gasteiger partial charge on any atom is 0.412 e. The van der Waals surface area contributed by atoms with Crippen molar-refractivity contribution >= 4 is 17.6 Å². The third-order valence-electron chi connectivity index (χ3n) is 3.69. The van der Waals surface area contributed by atoms with Gasteiger partial charge in [-0.1, -0.05) is 35.5 Å². The number of ether oxygens (including phenoxy) is 1. The SMILES string of the molecule is Cc1noc(-c2ccc(N)nc2)c1NC(=O)OC(C)c1ccccc1. The summed E-state index contributed by atoms with van der Waals surface area (Å²) >= 11 is 0. The zero-order chi connectivity index (χ0) is 17.8. The van der Waals surface area contributed by atoms with Crippen molar-refractivity contribution in [3.05, 3.63) is 59.9 Å². The van der Waals surface area contributed by atoms with Crippen LogP contribution in [0.25, 0.3) is 11.3 Å². The number of rotatable bonds is 4. The number of pyridine rings is 1. The summed E-state index contributed by atoms with van der Waals surface area (Å²) in [5, 5.41) is 6.60. The normalized spacial score (nSPS) is 11.8. The van der Waals surface area contributed by atoms with Crippen molar-refractivity contribution < 1.29 is 14.1 Å². The quantitative estimate of drug-likeness (QED) is 0.747. The second-order valence-electron chi connectivity index (χ2n) is 5.53. The molecule has 128 valence electrons. The molecule has 3 N–H and O–H groups in total. The van der Waals surface area contributed by atoms with Gasteiger partial charge in [-0.3, -0.25) is 5.32 Å². The third-order valence-corrected chi connectivity index (χ3v) is 3.69. The van der Waals surface area contributed by atoms with Crippen molar-refractivity contribution in [1.29, 1.82) is 0 Å². The summed E-state index contributed by atoms with van der Waals surface area (Å²) in [6, 6.07) is 12.9. The third kappa shape index (κ3) is 3.77. The Balaban J connectivity index is 1.75. The Labute approximate surface area is 144 Å². The Kier molecular flexibility index (Phi) is 4.65. The zero-order valence-corrected chi connectivity index (χ0v) is 13.9. The van der Waals surface area contributed by atoms with Crippen molar-refractivity contribution in [2.24, 2.45) is 0 Å². The Morgan fingerprint density at radius 2 is 2.00 bits per heavy atom. The first-order valence-corrected chi connectivity index (χ1v) is 7.75. The van der Waals surface area contributed by atoms with Crippen LogP contribution in [0.1, 0.15) is 24.3 Å². The van der Waals surface area contributed by atoms with E-state index in [-0.39, 0.29) is 6.10 Å². The van der Waals surface area contributed by atoms with Crippen molar-refractivity contribution in [3.63, 3.8) is 0 Å². The van der Waals surface area contributed by atoms with Gasteiger partial charge >= 0.3 is 6.09 Å². The largest absolute Gasteiger partial charge is 0.441 e. The van der Waals surface area contributed by atoms with Crippen LogP contribution in [0.2, 0.25) is 0 Å². The topological polar surface area (TPSA) is 103 Å². The van der Waals surface area contributed by atoms with Gasteiger partial charge in [0.2, 0.25) is 0 Å². The molecule has 0 aliphatic rings. The molecule has 2 aromatic heterocycles. The van der Waals surface area contributed by atoms with E-state index >= 15 is 0 Å². The lowest BCUT2D eigenvalue weighted by Gasteiger charge is -2.14. The van der Waals surface area contributed by atoms with Crippen molar-refractivity contribution in [2.75, 3.05) is 11.1 Å². The molecule has 3 aromatic rings. The van der Waals surface area contributed by atoms with E-state index in [0.29, 0.717) is 28.5 Å². The van der Waals surface area contributed by atoms with Gasteiger partial charge < -0.3 is 15.0 Å². The molecule has 0 aliphatic carbocycles. The predicted molar refractivity (Wildman–Crippen MR) is 93.8 cm³/mol. The van der Waals surface area contributed by atoms with E-state index in [4.69, 9.17) is 15.0 Å². The highest BCUT2D eigenvalue weighted by Gasteiger charge is 2.20. The molecular formula is C18H18N4O3. The van der Waals surface area contributed by atoms with Crippen molar-refractivity contribution in [3.8, 4) is 11.3 Å². The van der Waals surface area contributed by atoms with Crippen LogP contribution in [0.15, 0.2) is 53.2 Å². The van der Waals surface area contributed by atoms with E-state index in [1.807, 2.05) is 30.3 Å². The van der Waals surface area contributed by atoms with Crippen LogP contribution in [-0.4, -0.2) is 16.2 Å². The minimum Gasteiger partial charge on any atom is -0.441 e. The minimum atomic E-state index is -0.590. The first-order chi connectivity index (χ1) is 12.0. The number of aryl methyl sites for hydroxylation is 1. The summed E-state index contributed by atoms with van der Waals surface area (Å²) in [6.07, 6.45) is 0.577. The lowest BCUT2D eigenvalue weighted by atomic mass is 10.1. The van der Waals surface area contributed by atoms with E-state index in [9.17, 15) is 4.79 Å². The Bertz CT molecular complexity index is 860. The van der Waals surface area contributed by atoms with E-state index in [1.54, 1.807) is 32.2 Å². The Hall–Kier alpha value is -3.35. The number of carbonyl (C=O) groups excluding carboxylic acids is 1. The molecule has 25 heavy (non-hydrogen) atoms. The molecule has 0 fully saturated rings. The lowest BCUT2D eigenvalue weighted by molar-refractivity contribution is 0.121. The molecule has 1 amide bonds. The number of hydrogen-bond donors (Lipinski definition) is 2.